The molecule has 0 saturated carbocycles. The van der Waals surface area contributed by atoms with E-state index in [1.807, 2.05) is 13.8 Å². The Morgan fingerprint density at radius 1 is 1.23 bits per heavy atom. The molecule has 2 rings (SSSR count). The van der Waals surface area contributed by atoms with Crippen LogP contribution < -0.4 is 15.2 Å². The summed E-state index contributed by atoms with van der Waals surface area (Å²) in [5, 5.41) is 0. The van der Waals surface area contributed by atoms with E-state index in [9.17, 15) is 8.42 Å². The van der Waals surface area contributed by atoms with Crippen molar-refractivity contribution in [2.45, 2.75) is 31.2 Å². The molecule has 22 heavy (non-hydrogen) atoms. The van der Waals surface area contributed by atoms with E-state index in [1.165, 1.54) is 10.4 Å². The molecule has 124 valence electrons. The van der Waals surface area contributed by atoms with Gasteiger partial charge in [0.25, 0.3) is 0 Å². The average molecular weight is 328 g/mol. The Balaban J connectivity index is 2.12. The number of fused-ring (bicyclic) bond motifs is 1. The Labute approximate surface area is 132 Å². The first kappa shape index (κ1) is 17.1. The van der Waals surface area contributed by atoms with Crippen LogP contribution in [0.3, 0.4) is 0 Å². The van der Waals surface area contributed by atoms with Crippen molar-refractivity contribution in [3.8, 4) is 11.5 Å². The van der Waals surface area contributed by atoms with Crippen molar-refractivity contribution in [2.75, 3.05) is 26.8 Å². The number of rotatable bonds is 6. The zero-order chi connectivity index (χ0) is 16.3. The van der Waals surface area contributed by atoms with Crippen molar-refractivity contribution in [3.63, 3.8) is 0 Å². The number of nitrogens with zero attached hydrogens (tertiary/aromatic N) is 1. The number of sulfonamides is 1. The van der Waals surface area contributed by atoms with Gasteiger partial charge < -0.3 is 15.2 Å². The third-order valence-electron chi connectivity index (χ3n) is 3.86. The van der Waals surface area contributed by atoms with Crippen molar-refractivity contribution in [1.29, 1.82) is 0 Å². The van der Waals surface area contributed by atoms with Crippen LogP contribution in [0.5, 0.6) is 11.5 Å². The lowest BCUT2D eigenvalue weighted by atomic mass is 10.0. The minimum atomic E-state index is -3.55. The number of benzene rings is 1. The van der Waals surface area contributed by atoms with E-state index in [0.717, 1.165) is 0 Å². The van der Waals surface area contributed by atoms with Crippen LogP contribution >= 0.6 is 0 Å². The molecule has 7 heteroatoms. The minimum Gasteiger partial charge on any atom is -0.486 e. The zero-order valence-corrected chi connectivity index (χ0v) is 14.1. The Kier molecular flexibility index (Phi) is 5.31. The number of hydrogen-bond acceptors (Lipinski definition) is 5. The highest BCUT2D eigenvalue weighted by Crippen LogP contribution is 2.32. The molecule has 0 radical (unpaired) electrons. The third kappa shape index (κ3) is 3.71. The summed E-state index contributed by atoms with van der Waals surface area (Å²) >= 11 is 0. The van der Waals surface area contributed by atoms with Gasteiger partial charge in [0.1, 0.15) is 13.2 Å². The van der Waals surface area contributed by atoms with E-state index in [1.54, 1.807) is 19.2 Å². The molecule has 1 atom stereocenters. The van der Waals surface area contributed by atoms with Gasteiger partial charge in [-0.3, -0.25) is 0 Å². The summed E-state index contributed by atoms with van der Waals surface area (Å²) in [6.45, 7) is 5.35. The van der Waals surface area contributed by atoms with Gasteiger partial charge in [0.2, 0.25) is 10.0 Å². The molecule has 0 saturated heterocycles. The molecule has 0 bridgehead atoms. The lowest BCUT2D eigenvalue weighted by molar-refractivity contribution is 0.171. The second-order valence-electron chi connectivity index (χ2n) is 5.83. The predicted molar refractivity (Wildman–Crippen MR) is 84.7 cm³/mol. The molecule has 1 aliphatic heterocycles. The highest BCUT2D eigenvalue weighted by Gasteiger charge is 2.24. The van der Waals surface area contributed by atoms with Crippen LogP contribution in [-0.4, -0.2) is 45.6 Å². The summed E-state index contributed by atoms with van der Waals surface area (Å²) in [4.78, 5) is 0.206. The summed E-state index contributed by atoms with van der Waals surface area (Å²) in [6.07, 6.45) is 0.623. The Bertz CT molecular complexity index is 616. The normalized spacial score (nSPS) is 16.1. The standard InChI is InChI=1S/C15H24N2O4S/c1-11(2)13(16)6-7-17(3)22(18,19)12-4-5-14-15(10-12)21-9-8-20-14/h4-5,10-11,13H,6-9,16H2,1-3H3. The van der Waals surface area contributed by atoms with Crippen molar-refractivity contribution >= 4 is 10.0 Å². The van der Waals surface area contributed by atoms with E-state index < -0.39 is 10.0 Å². The molecular weight excluding hydrogens is 304 g/mol. The molecule has 0 aromatic heterocycles. The highest BCUT2D eigenvalue weighted by molar-refractivity contribution is 7.89. The third-order valence-corrected chi connectivity index (χ3v) is 5.71. The van der Waals surface area contributed by atoms with Crippen LogP contribution in [0, 0.1) is 5.92 Å². The van der Waals surface area contributed by atoms with Crippen LogP contribution in [0.2, 0.25) is 0 Å². The van der Waals surface area contributed by atoms with Gasteiger partial charge in [-0.1, -0.05) is 13.8 Å². The monoisotopic (exact) mass is 328 g/mol. The zero-order valence-electron chi connectivity index (χ0n) is 13.3. The molecule has 1 unspecified atom stereocenters. The molecule has 0 aliphatic carbocycles. The van der Waals surface area contributed by atoms with Crippen molar-refractivity contribution in [1.82, 2.24) is 4.31 Å². The second-order valence-corrected chi connectivity index (χ2v) is 7.87. The van der Waals surface area contributed by atoms with Gasteiger partial charge in [0.05, 0.1) is 4.90 Å². The van der Waals surface area contributed by atoms with Crippen molar-refractivity contribution in [3.05, 3.63) is 18.2 Å². The lowest BCUT2D eigenvalue weighted by Crippen LogP contribution is -2.34. The van der Waals surface area contributed by atoms with E-state index in [-0.39, 0.29) is 10.9 Å². The van der Waals surface area contributed by atoms with E-state index in [4.69, 9.17) is 15.2 Å². The summed E-state index contributed by atoms with van der Waals surface area (Å²) in [5.41, 5.74) is 5.98. The summed E-state index contributed by atoms with van der Waals surface area (Å²) < 4.78 is 37.4. The molecule has 1 aliphatic rings. The van der Waals surface area contributed by atoms with Crippen LogP contribution in [0.25, 0.3) is 0 Å². The number of hydrogen-bond donors (Lipinski definition) is 1. The molecule has 2 N–H and O–H groups in total. The highest BCUT2D eigenvalue weighted by atomic mass is 32.2. The number of nitrogens with two attached hydrogens (primary N) is 1. The quantitative estimate of drug-likeness (QED) is 0.855. The maximum atomic E-state index is 12.6. The van der Waals surface area contributed by atoms with Crippen LogP contribution in [0.4, 0.5) is 0 Å². The van der Waals surface area contributed by atoms with Gasteiger partial charge >= 0.3 is 0 Å². The van der Waals surface area contributed by atoms with E-state index >= 15 is 0 Å². The van der Waals surface area contributed by atoms with Gasteiger partial charge in [-0.25, -0.2) is 12.7 Å². The summed E-state index contributed by atoms with van der Waals surface area (Å²) in [7, 11) is -1.98. The van der Waals surface area contributed by atoms with Gasteiger partial charge in [-0.05, 0) is 24.5 Å². The smallest absolute Gasteiger partial charge is 0.242 e. The fourth-order valence-corrected chi connectivity index (χ4v) is 3.35. The maximum Gasteiger partial charge on any atom is 0.242 e. The van der Waals surface area contributed by atoms with E-state index in [0.29, 0.717) is 43.6 Å². The van der Waals surface area contributed by atoms with Crippen molar-refractivity contribution < 1.29 is 17.9 Å². The van der Waals surface area contributed by atoms with E-state index in [2.05, 4.69) is 0 Å². The molecule has 1 heterocycles. The SMILES string of the molecule is CC(C)C(N)CCN(C)S(=O)(=O)c1ccc2c(c1)OCCO2. The molecule has 6 nitrogen and oxygen atoms in total. The Morgan fingerprint density at radius 3 is 2.50 bits per heavy atom. The topological polar surface area (TPSA) is 81.9 Å². The van der Waals surface area contributed by atoms with Gasteiger partial charge in [-0.2, -0.15) is 0 Å². The lowest BCUT2D eigenvalue weighted by Gasteiger charge is -2.23. The molecule has 1 aromatic carbocycles. The second kappa shape index (κ2) is 6.85. The molecule has 0 amide bonds. The van der Waals surface area contributed by atoms with Gasteiger partial charge in [0.15, 0.2) is 11.5 Å². The predicted octanol–water partition coefficient (Wildman–Crippen LogP) is 1.45. The van der Waals surface area contributed by atoms with Gasteiger partial charge in [0, 0.05) is 25.7 Å². The maximum absolute atomic E-state index is 12.6. The molecular formula is C15H24N2O4S. The fourth-order valence-electron chi connectivity index (χ4n) is 2.15. The molecule has 0 spiro atoms. The molecule has 0 fully saturated rings. The minimum absolute atomic E-state index is 0.0158. The molecule has 1 aromatic rings. The summed E-state index contributed by atoms with van der Waals surface area (Å²) in [5.74, 6) is 1.37. The van der Waals surface area contributed by atoms with Crippen LogP contribution in [0.15, 0.2) is 23.1 Å². The first-order valence-corrected chi connectivity index (χ1v) is 8.88. The average Bonchev–Trinajstić information content (AvgIpc) is 2.51. The Hall–Kier alpha value is -1.31. The number of ether oxygens (including phenoxy) is 2. The van der Waals surface area contributed by atoms with Gasteiger partial charge in [-0.15, -0.1) is 0 Å². The van der Waals surface area contributed by atoms with Crippen molar-refractivity contribution in [2.24, 2.45) is 11.7 Å². The largest absolute Gasteiger partial charge is 0.486 e. The summed E-state index contributed by atoms with van der Waals surface area (Å²) in [6, 6.07) is 4.68. The van der Waals surface area contributed by atoms with Crippen LogP contribution in [-0.2, 0) is 10.0 Å². The van der Waals surface area contributed by atoms with Crippen LogP contribution in [0.1, 0.15) is 20.3 Å². The Morgan fingerprint density at radius 2 is 1.86 bits per heavy atom. The first-order valence-electron chi connectivity index (χ1n) is 7.44. The first-order chi connectivity index (χ1) is 10.3. The fraction of sp³-hybridized carbons (Fsp3) is 0.600.